The fourth-order valence-corrected chi connectivity index (χ4v) is 3.13. The summed E-state index contributed by atoms with van der Waals surface area (Å²) in [6, 6.07) is 4.57. The maximum absolute atomic E-state index is 9.78. The van der Waals surface area contributed by atoms with E-state index >= 15 is 0 Å². The number of nitrogens with zero attached hydrogens (tertiary/aromatic N) is 1. The number of phenolic OH excluding ortho intramolecular Hbond substituents is 1. The molecular weight excluding hydrogens is 294 g/mol. The van der Waals surface area contributed by atoms with Gasteiger partial charge in [0.1, 0.15) is 0 Å². The highest BCUT2D eigenvalue weighted by Gasteiger charge is 2.20. The van der Waals surface area contributed by atoms with Crippen LogP contribution in [0.1, 0.15) is 31.2 Å². The first-order valence-corrected chi connectivity index (χ1v) is 7.16. The van der Waals surface area contributed by atoms with Gasteiger partial charge in [0, 0.05) is 12.6 Å². The van der Waals surface area contributed by atoms with Crippen LogP contribution in [0.5, 0.6) is 11.5 Å². The maximum Gasteiger partial charge on any atom is 0.172 e. The lowest BCUT2D eigenvalue weighted by Gasteiger charge is -2.24. The van der Waals surface area contributed by atoms with Crippen molar-refractivity contribution < 1.29 is 9.84 Å². The number of benzene rings is 1. The highest BCUT2D eigenvalue weighted by molar-refractivity contribution is 9.10. The minimum Gasteiger partial charge on any atom is -0.503 e. The van der Waals surface area contributed by atoms with E-state index < -0.39 is 0 Å². The molecule has 3 nitrogen and oxygen atoms in total. The van der Waals surface area contributed by atoms with Crippen molar-refractivity contribution in [3.8, 4) is 11.5 Å². The minimum absolute atomic E-state index is 0.171. The highest BCUT2D eigenvalue weighted by atomic mass is 79.9. The van der Waals surface area contributed by atoms with Crippen LogP contribution in [-0.4, -0.2) is 30.2 Å². The van der Waals surface area contributed by atoms with Crippen molar-refractivity contribution in [2.75, 3.05) is 14.2 Å². The Hall–Kier alpha value is -0.740. The molecule has 0 atom stereocenters. The molecule has 0 amide bonds. The first-order valence-electron chi connectivity index (χ1n) is 6.37. The van der Waals surface area contributed by atoms with Gasteiger partial charge in [-0.1, -0.05) is 12.8 Å². The van der Waals surface area contributed by atoms with Crippen LogP contribution in [0.4, 0.5) is 0 Å². The Kier molecular flexibility index (Phi) is 4.51. The van der Waals surface area contributed by atoms with Gasteiger partial charge >= 0.3 is 0 Å². The highest BCUT2D eigenvalue weighted by Crippen LogP contribution is 2.35. The van der Waals surface area contributed by atoms with Crippen LogP contribution in [0, 0.1) is 0 Å². The largest absolute Gasteiger partial charge is 0.503 e. The molecule has 1 aromatic carbocycles. The summed E-state index contributed by atoms with van der Waals surface area (Å²) in [6.45, 7) is 0.889. The third kappa shape index (κ3) is 2.98. The summed E-state index contributed by atoms with van der Waals surface area (Å²) in [4.78, 5) is 2.39. The number of hydrogen-bond donors (Lipinski definition) is 1. The first kappa shape index (κ1) is 13.7. The number of ether oxygens (including phenoxy) is 1. The van der Waals surface area contributed by atoms with E-state index in [1.807, 2.05) is 12.1 Å². The smallest absolute Gasteiger partial charge is 0.172 e. The summed E-state index contributed by atoms with van der Waals surface area (Å²) >= 11 is 3.36. The van der Waals surface area contributed by atoms with Crippen molar-refractivity contribution in [3.05, 3.63) is 22.2 Å². The Morgan fingerprint density at radius 2 is 2.06 bits per heavy atom. The zero-order chi connectivity index (χ0) is 13.1. The normalized spacial score (nSPS) is 16.4. The molecule has 1 aromatic rings. The number of rotatable bonds is 4. The van der Waals surface area contributed by atoms with Gasteiger partial charge < -0.3 is 9.84 Å². The Morgan fingerprint density at radius 3 is 2.67 bits per heavy atom. The van der Waals surface area contributed by atoms with Crippen LogP contribution in [0.25, 0.3) is 0 Å². The zero-order valence-electron chi connectivity index (χ0n) is 10.9. The van der Waals surface area contributed by atoms with Crippen molar-refractivity contribution in [1.29, 1.82) is 0 Å². The average molecular weight is 314 g/mol. The van der Waals surface area contributed by atoms with Crippen molar-refractivity contribution in [2.45, 2.75) is 38.3 Å². The summed E-state index contributed by atoms with van der Waals surface area (Å²) in [6.07, 6.45) is 5.29. The fraction of sp³-hybridized carbons (Fsp3) is 0.571. The molecule has 2 rings (SSSR count). The van der Waals surface area contributed by atoms with Crippen LogP contribution in [0.3, 0.4) is 0 Å². The molecule has 1 N–H and O–H groups in total. The summed E-state index contributed by atoms with van der Waals surface area (Å²) in [7, 11) is 3.75. The molecule has 0 saturated heterocycles. The summed E-state index contributed by atoms with van der Waals surface area (Å²) in [5.74, 6) is 0.698. The average Bonchev–Trinajstić information content (AvgIpc) is 2.87. The van der Waals surface area contributed by atoms with Crippen LogP contribution in [0.15, 0.2) is 16.6 Å². The first-order chi connectivity index (χ1) is 8.61. The number of halogens is 1. The number of hydrogen-bond acceptors (Lipinski definition) is 3. The second-order valence-corrected chi connectivity index (χ2v) is 5.84. The Balaban J connectivity index is 2.11. The standard InChI is InChI=1S/C14H20BrNO2/c1-16(11-5-3-4-6-11)9-10-7-12(15)14(17)13(8-10)18-2/h7-8,11,17H,3-6,9H2,1-2H3. The van der Waals surface area contributed by atoms with E-state index in [1.165, 1.54) is 25.7 Å². The number of methoxy groups -OCH3 is 1. The lowest BCUT2D eigenvalue weighted by Crippen LogP contribution is -2.28. The molecule has 1 aliphatic carbocycles. The molecule has 18 heavy (non-hydrogen) atoms. The molecule has 1 aliphatic rings. The van der Waals surface area contributed by atoms with Gasteiger partial charge in [-0.25, -0.2) is 0 Å². The second-order valence-electron chi connectivity index (χ2n) is 4.98. The lowest BCUT2D eigenvalue weighted by atomic mass is 10.1. The molecule has 100 valence electrons. The monoisotopic (exact) mass is 313 g/mol. The molecule has 0 heterocycles. The van der Waals surface area contributed by atoms with E-state index in [0.29, 0.717) is 16.3 Å². The van der Waals surface area contributed by atoms with Gasteiger partial charge in [-0.15, -0.1) is 0 Å². The lowest BCUT2D eigenvalue weighted by molar-refractivity contribution is 0.237. The summed E-state index contributed by atoms with van der Waals surface area (Å²) in [5, 5.41) is 9.78. The molecule has 0 spiro atoms. The summed E-state index contributed by atoms with van der Waals surface area (Å²) in [5.41, 5.74) is 1.16. The quantitative estimate of drug-likeness (QED) is 0.923. The zero-order valence-corrected chi connectivity index (χ0v) is 12.5. The summed E-state index contributed by atoms with van der Waals surface area (Å²) < 4.78 is 5.87. The predicted molar refractivity (Wildman–Crippen MR) is 76.1 cm³/mol. The molecule has 0 bridgehead atoms. The van der Waals surface area contributed by atoms with E-state index in [9.17, 15) is 5.11 Å². The van der Waals surface area contributed by atoms with Gasteiger partial charge in [-0.2, -0.15) is 0 Å². The minimum atomic E-state index is 0.171. The van der Waals surface area contributed by atoms with Crippen molar-refractivity contribution in [3.63, 3.8) is 0 Å². The van der Waals surface area contributed by atoms with E-state index in [4.69, 9.17) is 4.74 Å². The molecule has 4 heteroatoms. The van der Waals surface area contributed by atoms with Crippen LogP contribution in [0.2, 0.25) is 0 Å². The Morgan fingerprint density at radius 1 is 1.39 bits per heavy atom. The van der Waals surface area contributed by atoms with Crippen molar-refractivity contribution in [1.82, 2.24) is 4.90 Å². The molecule has 0 aliphatic heterocycles. The Bertz CT molecular complexity index is 417. The van der Waals surface area contributed by atoms with E-state index in [-0.39, 0.29) is 5.75 Å². The SMILES string of the molecule is COc1cc(CN(C)C2CCCC2)cc(Br)c1O. The Labute approximate surface area is 117 Å². The number of aromatic hydroxyl groups is 1. The van der Waals surface area contributed by atoms with Gasteiger partial charge in [-0.3, -0.25) is 4.90 Å². The van der Waals surface area contributed by atoms with Gasteiger partial charge in [0.15, 0.2) is 11.5 Å². The van der Waals surface area contributed by atoms with Gasteiger partial charge in [0.25, 0.3) is 0 Å². The van der Waals surface area contributed by atoms with E-state index in [1.54, 1.807) is 7.11 Å². The third-order valence-electron chi connectivity index (χ3n) is 3.69. The third-order valence-corrected chi connectivity index (χ3v) is 4.29. The van der Waals surface area contributed by atoms with E-state index in [2.05, 4.69) is 27.9 Å². The topological polar surface area (TPSA) is 32.7 Å². The van der Waals surface area contributed by atoms with Gasteiger partial charge in [0.05, 0.1) is 11.6 Å². The fourth-order valence-electron chi connectivity index (χ4n) is 2.64. The molecule has 0 unspecified atom stereocenters. The van der Waals surface area contributed by atoms with Crippen molar-refractivity contribution >= 4 is 15.9 Å². The van der Waals surface area contributed by atoms with Crippen LogP contribution >= 0.6 is 15.9 Å². The molecule has 1 fully saturated rings. The predicted octanol–water partition coefficient (Wildman–Crippen LogP) is 3.54. The molecule has 0 radical (unpaired) electrons. The van der Waals surface area contributed by atoms with Gasteiger partial charge in [-0.05, 0) is 53.5 Å². The second kappa shape index (κ2) is 5.93. The van der Waals surface area contributed by atoms with Crippen LogP contribution < -0.4 is 4.74 Å². The maximum atomic E-state index is 9.78. The van der Waals surface area contributed by atoms with E-state index in [0.717, 1.165) is 12.1 Å². The molecule has 0 aromatic heterocycles. The number of phenols is 1. The van der Waals surface area contributed by atoms with Gasteiger partial charge in [0.2, 0.25) is 0 Å². The van der Waals surface area contributed by atoms with Crippen LogP contribution in [-0.2, 0) is 6.54 Å². The molecular formula is C14H20BrNO2. The van der Waals surface area contributed by atoms with Crippen molar-refractivity contribution in [2.24, 2.45) is 0 Å². The molecule has 1 saturated carbocycles.